The van der Waals surface area contributed by atoms with Crippen LogP contribution in [0.1, 0.15) is 13.3 Å². The Morgan fingerprint density at radius 3 is 2.67 bits per heavy atom. The molecule has 2 N–H and O–H groups in total. The van der Waals surface area contributed by atoms with Crippen LogP contribution in [0.15, 0.2) is 12.2 Å². The topological polar surface area (TPSA) is 44.1 Å². The summed E-state index contributed by atoms with van der Waals surface area (Å²) in [6, 6.07) is 0. The minimum absolute atomic E-state index is 0.102. The summed E-state index contributed by atoms with van der Waals surface area (Å²) in [6.07, 6.45) is 5.83. The average Bonchev–Trinajstić information content (AvgIpc) is 1.89. The zero-order valence-corrected chi connectivity index (χ0v) is 5.67. The van der Waals surface area contributed by atoms with Crippen LogP contribution in [0.25, 0.3) is 0 Å². The highest BCUT2D eigenvalue weighted by atomic mass is 16.2. The molecule has 2 nitrogen and oxygen atoms in total. The molecule has 0 aliphatic rings. The Morgan fingerprint density at radius 2 is 2.22 bits per heavy atom. The zero-order chi connectivity index (χ0) is 7.11. The summed E-state index contributed by atoms with van der Waals surface area (Å²) in [7, 11) is 0. The van der Waals surface area contributed by atoms with Crippen LogP contribution in [0.4, 0.5) is 0 Å². The first kappa shape index (κ1) is 8.37. The molecule has 1 unspecified atom stereocenters. The van der Waals surface area contributed by atoms with E-state index >= 15 is 0 Å². The van der Waals surface area contributed by atoms with E-state index in [0.717, 1.165) is 6.42 Å². The minimum Gasteiger partial charge on any atom is -0.392 e. The lowest BCUT2D eigenvalue weighted by atomic mass is 10.1. The van der Waals surface area contributed by atoms with E-state index in [-0.39, 0.29) is 6.61 Å². The second kappa shape index (κ2) is 5.51. The fourth-order valence-corrected chi connectivity index (χ4v) is 0.453. The number of hydrogen-bond donors (Lipinski definition) is 2. The van der Waals surface area contributed by atoms with Crippen molar-refractivity contribution in [3.63, 3.8) is 0 Å². The third-order valence-electron chi connectivity index (χ3n) is 1.06. The maximum Gasteiger partial charge on any atom is 0.0612 e. The van der Waals surface area contributed by atoms with Gasteiger partial charge in [-0.1, -0.05) is 19.1 Å². The lowest BCUT2D eigenvalue weighted by Crippen LogP contribution is -1.91. The van der Waals surface area contributed by atoms with Crippen molar-refractivity contribution in [1.29, 1.82) is 5.41 Å². The minimum atomic E-state index is 0.102. The van der Waals surface area contributed by atoms with Crippen molar-refractivity contribution in [2.24, 2.45) is 5.92 Å². The average molecular weight is 127 g/mol. The number of nitrogens with one attached hydrogen (secondary N) is 1. The van der Waals surface area contributed by atoms with Crippen LogP contribution >= 0.6 is 0 Å². The largest absolute Gasteiger partial charge is 0.392 e. The summed E-state index contributed by atoms with van der Waals surface area (Å²) in [5.41, 5.74) is 0. The van der Waals surface area contributed by atoms with Crippen LogP contribution in [-0.4, -0.2) is 17.9 Å². The van der Waals surface area contributed by atoms with Crippen LogP contribution in [0.5, 0.6) is 0 Å². The molecule has 0 bridgehead atoms. The van der Waals surface area contributed by atoms with Crippen LogP contribution in [0.2, 0.25) is 0 Å². The first-order valence-electron chi connectivity index (χ1n) is 3.07. The second-order valence-electron chi connectivity index (χ2n) is 2.03. The van der Waals surface area contributed by atoms with Gasteiger partial charge < -0.3 is 10.5 Å². The third kappa shape index (κ3) is 5.24. The molecule has 0 heterocycles. The number of hydrogen-bond acceptors (Lipinski definition) is 2. The van der Waals surface area contributed by atoms with Crippen molar-refractivity contribution in [3.8, 4) is 0 Å². The van der Waals surface area contributed by atoms with Crippen molar-refractivity contribution in [3.05, 3.63) is 12.2 Å². The molecular weight excluding hydrogens is 114 g/mol. The first-order chi connectivity index (χ1) is 4.31. The van der Waals surface area contributed by atoms with Gasteiger partial charge in [-0.25, -0.2) is 0 Å². The normalized spacial score (nSPS) is 14.0. The summed E-state index contributed by atoms with van der Waals surface area (Å²) >= 11 is 0. The van der Waals surface area contributed by atoms with Gasteiger partial charge >= 0.3 is 0 Å². The van der Waals surface area contributed by atoms with E-state index < -0.39 is 0 Å². The van der Waals surface area contributed by atoms with Crippen molar-refractivity contribution in [2.45, 2.75) is 13.3 Å². The monoisotopic (exact) mass is 127 g/mol. The molecule has 0 aromatic heterocycles. The molecule has 9 heavy (non-hydrogen) atoms. The fraction of sp³-hybridized carbons (Fsp3) is 0.571. The predicted octanol–water partition coefficient (Wildman–Crippen LogP) is 1.21. The maximum atomic E-state index is 8.31. The van der Waals surface area contributed by atoms with Crippen LogP contribution < -0.4 is 0 Å². The highest BCUT2D eigenvalue weighted by molar-refractivity contribution is 5.56. The van der Waals surface area contributed by atoms with E-state index in [1.165, 1.54) is 6.21 Å². The quantitative estimate of drug-likeness (QED) is 0.432. The molecule has 1 atom stereocenters. The Hall–Kier alpha value is -0.630. The van der Waals surface area contributed by atoms with Gasteiger partial charge in [-0.3, -0.25) is 0 Å². The number of aliphatic hydroxyl groups excluding tert-OH is 1. The van der Waals surface area contributed by atoms with Gasteiger partial charge in [-0.15, -0.1) is 0 Å². The van der Waals surface area contributed by atoms with Crippen molar-refractivity contribution in [1.82, 2.24) is 0 Å². The summed E-state index contributed by atoms with van der Waals surface area (Å²) < 4.78 is 0. The third-order valence-corrected chi connectivity index (χ3v) is 1.06. The van der Waals surface area contributed by atoms with E-state index in [1.807, 2.05) is 13.0 Å². The molecule has 0 fully saturated rings. The SMILES string of the molecule is CC(C=N)C/C=C/CO. The predicted molar refractivity (Wildman–Crippen MR) is 38.8 cm³/mol. The van der Waals surface area contributed by atoms with Crippen molar-refractivity contribution >= 4 is 6.21 Å². The van der Waals surface area contributed by atoms with Crippen LogP contribution in [0, 0.1) is 11.3 Å². The van der Waals surface area contributed by atoms with Gasteiger partial charge in [0.1, 0.15) is 0 Å². The Kier molecular flexibility index (Phi) is 5.12. The molecule has 0 aromatic carbocycles. The number of allylic oxidation sites excluding steroid dienone is 1. The van der Waals surface area contributed by atoms with Gasteiger partial charge in [0.25, 0.3) is 0 Å². The molecule has 0 aliphatic heterocycles. The van der Waals surface area contributed by atoms with E-state index in [1.54, 1.807) is 6.08 Å². The summed E-state index contributed by atoms with van der Waals surface area (Å²) in [6.45, 7) is 2.07. The van der Waals surface area contributed by atoms with Gasteiger partial charge in [0.05, 0.1) is 6.61 Å². The van der Waals surface area contributed by atoms with E-state index in [2.05, 4.69) is 0 Å². The smallest absolute Gasteiger partial charge is 0.0612 e. The molecule has 0 saturated carbocycles. The molecule has 0 aliphatic carbocycles. The van der Waals surface area contributed by atoms with E-state index in [9.17, 15) is 0 Å². The molecule has 0 amide bonds. The molecule has 0 rings (SSSR count). The molecule has 0 aromatic rings. The zero-order valence-electron chi connectivity index (χ0n) is 5.67. The lowest BCUT2D eigenvalue weighted by molar-refractivity contribution is 0.342. The molecule has 0 spiro atoms. The second-order valence-corrected chi connectivity index (χ2v) is 2.03. The molecule has 0 radical (unpaired) electrons. The Balaban J connectivity index is 3.25. The first-order valence-corrected chi connectivity index (χ1v) is 3.07. The van der Waals surface area contributed by atoms with Gasteiger partial charge in [0, 0.05) is 0 Å². The van der Waals surface area contributed by atoms with Crippen LogP contribution in [0.3, 0.4) is 0 Å². The van der Waals surface area contributed by atoms with Crippen molar-refractivity contribution < 1.29 is 5.11 Å². The molecule has 52 valence electrons. The molecule has 2 heteroatoms. The summed E-state index contributed by atoms with van der Waals surface area (Å²) in [4.78, 5) is 0. The standard InChI is InChI=1S/C7H13NO/c1-7(6-8)4-2-3-5-9/h2-3,6-9H,4-5H2,1H3/b3-2+,8-6?. The van der Waals surface area contributed by atoms with Gasteiger partial charge in [-0.2, -0.15) is 0 Å². The fourth-order valence-electron chi connectivity index (χ4n) is 0.453. The molecule has 0 saturated heterocycles. The Labute approximate surface area is 55.7 Å². The van der Waals surface area contributed by atoms with Crippen molar-refractivity contribution in [2.75, 3.05) is 6.61 Å². The Morgan fingerprint density at radius 1 is 1.56 bits per heavy atom. The lowest BCUT2D eigenvalue weighted by Gasteiger charge is -1.95. The summed E-state index contributed by atoms with van der Waals surface area (Å²) in [5, 5.41) is 15.1. The van der Waals surface area contributed by atoms with Gasteiger partial charge in [0.2, 0.25) is 0 Å². The maximum absolute atomic E-state index is 8.31. The Bertz CT molecular complexity index is 99.1. The number of rotatable bonds is 4. The van der Waals surface area contributed by atoms with E-state index in [0.29, 0.717) is 5.92 Å². The highest BCUT2D eigenvalue weighted by Gasteiger charge is 1.89. The van der Waals surface area contributed by atoms with Gasteiger partial charge in [-0.05, 0) is 18.6 Å². The number of aliphatic hydroxyl groups is 1. The van der Waals surface area contributed by atoms with E-state index in [4.69, 9.17) is 10.5 Å². The van der Waals surface area contributed by atoms with Crippen LogP contribution in [-0.2, 0) is 0 Å². The highest BCUT2D eigenvalue weighted by Crippen LogP contribution is 1.97. The molecular formula is C7H13NO. The summed E-state index contributed by atoms with van der Waals surface area (Å²) in [5.74, 6) is 0.299. The van der Waals surface area contributed by atoms with Gasteiger partial charge in [0.15, 0.2) is 0 Å².